The highest BCUT2D eigenvalue weighted by molar-refractivity contribution is 5.25. The van der Waals surface area contributed by atoms with Crippen molar-refractivity contribution in [1.82, 2.24) is 4.90 Å². The Balaban J connectivity index is 1.83. The number of rotatable bonds is 4. The van der Waals surface area contributed by atoms with Gasteiger partial charge in [0.25, 0.3) is 0 Å². The molecule has 2 rings (SSSR count). The van der Waals surface area contributed by atoms with E-state index < -0.39 is 0 Å². The predicted molar refractivity (Wildman–Crippen MR) is 82.2 cm³/mol. The summed E-state index contributed by atoms with van der Waals surface area (Å²) >= 11 is 0. The average Bonchev–Trinajstić information content (AvgIpc) is 2.40. The largest absolute Gasteiger partial charge is 0.324 e. The van der Waals surface area contributed by atoms with E-state index in [1.807, 2.05) is 12.1 Å². The minimum atomic E-state index is -0.149. The first-order valence-corrected chi connectivity index (χ1v) is 7.91. The standard InChI is InChI=1S/C17H27FN2/c1-14-7-8-15(13-16(14)18)17(19)9-12-20-10-5-3-2-4-6-11-20/h7-8,13,17H,2-6,9-12,19H2,1H3. The van der Waals surface area contributed by atoms with Gasteiger partial charge in [0.15, 0.2) is 0 Å². The molecule has 1 heterocycles. The Hall–Kier alpha value is -0.930. The van der Waals surface area contributed by atoms with E-state index in [-0.39, 0.29) is 11.9 Å². The number of likely N-dealkylation sites (tertiary alicyclic amines) is 1. The van der Waals surface area contributed by atoms with Crippen molar-refractivity contribution in [2.24, 2.45) is 5.73 Å². The lowest BCUT2D eigenvalue weighted by Crippen LogP contribution is -2.30. The Morgan fingerprint density at radius 2 is 1.80 bits per heavy atom. The van der Waals surface area contributed by atoms with Crippen LogP contribution in [0.2, 0.25) is 0 Å². The molecule has 20 heavy (non-hydrogen) atoms. The summed E-state index contributed by atoms with van der Waals surface area (Å²) in [6, 6.07) is 5.31. The molecule has 0 radical (unpaired) electrons. The lowest BCUT2D eigenvalue weighted by molar-refractivity contribution is 0.239. The van der Waals surface area contributed by atoms with E-state index in [9.17, 15) is 4.39 Å². The molecule has 1 aliphatic rings. The highest BCUT2D eigenvalue weighted by Crippen LogP contribution is 2.19. The highest BCUT2D eigenvalue weighted by atomic mass is 19.1. The molecular formula is C17H27FN2. The number of halogens is 1. The molecule has 0 bridgehead atoms. The van der Waals surface area contributed by atoms with Crippen molar-refractivity contribution >= 4 is 0 Å². The molecule has 1 aromatic carbocycles. The van der Waals surface area contributed by atoms with Crippen LogP contribution in [0.5, 0.6) is 0 Å². The zero-order valence-corrected chi connectivity index (χ0v) is 12.6. The number of nitrogens with two attached hydrogens (primary N) is 1. The van der Waals surface area contributed by atoms with Crippen LogP contribution < -0.4 is 5.73 Å². The number of aryl methyl sites for hydroxylation is 1. The molecule has 1 aliphatic heterocycles. The van der Waals surface area contributed by atoms with Crippen LogP contribution in [0.3, 0.4) is 0 Å². The monoisotopic (exact) mass is 278 g/mol. The van der Waals surface area contributed by atoms with E-state index >= 15 is 0 Å². The zero-order valence-electron chi connectivity index (χ0n) is 12.6. The van der Waals surface area contributed by atoms with Gasteiger partial charge in [-0.3, -0.25) is 0 Å². The fraction of sp³-hybridized carbons (Fsp3) is 0.647. The lowest BCUT2D eigenvalue weighted by atomic mass is 10.0. The van der Waals surface area contributed by atoms with Gasteiger partial charge in [0.05, 0.1) is 0 Å². The topological polar surface area (TPSA) is 29.3 Å². The van der Waals surface area contributed by atoms with Gasteiger partial charge in [-0.25, -0.2) is 4.39 Å². The number of hydrogen-bond acceptors (Lipinski definition) is 2. The van der Waals surface area contributed by atoms with Gasteiger partial charge in [0.2, 0.25) is 0 Å². The van der Waals surface area contributed by atoms with Gasteiger partial charge in [0, 0.05) is 6.04 Å². The van der Waals surface area contributed by atoms with Crippen molar-refractivity contribution in [1.29, 1.82) is 0 Å². The Bertz CT molecular complexity index is 411. The van der Waals surface area contributed by atoms with Crippen LogP contribution in [0, 0.1) is 12.7 Å². The van der Waals surface area contributed by atoms with Gasteiger partial charge in [0.1, 0.15) is 5.82 Å². The third kappa shape index (κ3) is 4.57. The van der Waals surface area contributed by atoms with Crippen molar-refractivity contribution in [3.63, 3.8) is 0 Å². The van der Waals surface area contributed by atoms with Crippen molar-refractivity contribution in [3.05, 3.63) is 35.1 Å². The van der Waals surface area contributed by atoms with Gasteiger partial charge in [-0.2, -0.15) is 0 Å². The highest BCUT2D eigenvalue weighted by Gasteiger charge is 2.12. The molecule has 1 atom stereocenters. The molecule has 1 fully saturated rings. The fourth-order valence-corrected chi connectivity index (χ4v) is 2.86. The lowest BCUT2D eigenvalue weighted by Gasteiger charge is -2.25. The molecular weight excluding hydrogens is 251 g/mol. The molecule has 0 aliphatic carbocycles. The first-order valence-electron chi connectivity index (χ1n) is 7.91. The summed E-state index contributed by atoms with van der Waals surface area (Å²) in [6.45, 7) is 5.19. The molecule has 2 nitrogen and oxygen atoms in total. The van der Waals surface area contributed by atoms with E-state index in [1.54, 1.807) is 13.0 Å². The van der Waals surface area contributed by atoms with Crippen LogP contribution >= 0.6 is 0 Å². The second-order valence-electron chi connectivity index (χ2n) is 6.01. The van der Waals surface area contributed by atoms with E-state index in [2.05, 4.69) is 4.90 Å². The molecule has 1 unspecified atom stereocenters. The summed E-state index contributed by atoms with van der Waals surface area (Å²) < 4.78 is 13.6. The fourth-order valence-electron chi connectivity index (χ4n) is 2.86. The van der Waals surface area contributed by atoms with E-state index in [0.29, 0.717) is 5.56 Å². The molecule has 0 aromatic heterocycles. The van der Waals surface area contributed by atoms with Crippen LogP contribution in [-0.4, -0.2) is 24.5 Å². The van der Waals surface area contributed by atoms with Gasteiger partial charge < -0.3 is 10.6 Å². The molecule has 3 heteroatoms. The zero-order chi connectivity index (χ0) is 14.4. The molecule has 112 valence electrons. The summed E-state index contributed by atoms with van der Waals surface area (Å²) in [5.74, 6) is -0.149. The van der Waals surface area contributed by atoms with E-state index in [4.69, 9.17) is 5.73 Å². The van der Waals surface area contributed by atoms with Crippen molar-refractivity contribution in [3.8, 4) is 0 Å². The smallest absolute Gasteiger partial charge is 0.126 e. The SMILES string of the molecule is Cc1ccc(C(N)CCN2CCCCCCC2)cc1F. The minimum absolute atomic E-state index is 0.0597. The Morgan fingerprint density at radius 3 is 2.45 bits per heavy atom. The first-order chi connectivity index (χ1) is 9.66. The van der Waals surface area contributed by atoms with Crippen molar-refractivity contribution in [2.45, 2.75) is 51.5 Å². The van der Waals surface area contributed by atoms with Gasteiger partial charge in [-0.05, 0) is 63.0 Å². The summed E-state index contributed by atoms with van der Waals surface area (Å²) in [7, 11) is 0. The maximum absolute atomic E-state index is 13.6. The summed E-state index contributed by atoms with van der Waals surface area (Å²) in [5, 5.41) is 0. The van der Waals surface area contributed by atoms with Crippen LogP contribution in [0.1, 0.15) is 55.7 Å². The number of hydrogen-bond donors (Lipinski definition) is 1. The molecule has 1 aromatic rings. The average molecular weight is 278 g/mol. The third-order valence-electron chi connectivity index (χ3n) is 4.33. The molecule has 0 saturated carbocycles. The van der Waals surface area contributed by atoms with E-state index in [0.717, 1.165) is 18.5 Å². The molecule has 1 saturated heterocycles. The van der Waals surface area contributed by atoms with Crippen molar-refractivity contribution in [2.75, 3.05) is 19.6 Å². The summed E-state index contributed by atoms with van der Waals surface area (Å²) in [5.41, 5.74) is 7.81. The van der Waals surface area contributed by atoms with Crippen LogP contribution in [-0.2, 0) is 0 Å². The second-order valence-corrected chi connectivity index (χ2v) is 6.01. The molecule has 2 N–H and O–H groups in total. The van der Waals surface area contributed by atoms with Crippen LogP contribution in [0.15, 0.2) is 18.2 Å². The molecule has 0 amide bonds. The van der Waals surface area contributed by atoms with E-state index in [1.165, 1.54) is 45.2 Å². The summed E-state index contributed by atoms with van der Waals surface area (Å²) in [4.78, 5) is 2.52. The number of benzene rings is 1. The van der Waals surface area contributed by atoms with Crippen LogP contribution in [0.4, 0.5) is 4.39 Å². The van der Waals surface area contributed by atoms with Gasteiger partial charge in [-0.15, -0.1) is 0 Å². The van der Waals surface area contributed by atoms with Crippen LogP contribution in [0.25, 0.3) is 0 Å². The van der Waals surface area contributed by atoms with Gasteiger partial charge >= 0.3 is 0 Å². The molecule has 0 spiro atoms. The minimum Gasteiger partial charge on any atom is -0.324 e. The maximum atomic E-state index is 13.6. The third-order valence-corrected chi connectivity index (χ3v) is 4.33. The predicted octanol–water partition coefficient (Wildman–Crippen LogP) is 3.79. The Labute approximate surface area is 122 Å². The Morgan fingerprint density at radius 1 is 1.15 bits per heavy atom. The maximum Gasteiger partial charge on any atom is 0.126 e. The van der Waals surface area contributed by atoms with Crippen molar-refractivity contribution < 1.29 is 4.39 Å². The number of nitrogens with zero attached hydrogens (tertiary/aromatic N) is 1. The normalized spacial score (nSPS) is 19.4. The first kappa shape index (κ1) is 15.5. The summed E-state index contributed by atoms with van der Waals surface area (Å²) in [6.07, 6.45) is 7.60. The quantitative estimate of drug-likeness (QED) is 0.908. The Kier molecular flexibility index (Phi) is 5.99. The second kappa shape index (κ2) is 7.75. The van der Waals surface area contributed by atoms with Gasteiger partial charge in [-0.1, -0.05) is 31.4 Å².